The molecule has 40 heavy (non-hydrogen) atoms. The van der Waals surface area contributed by atoms with Crippen molar-refractivity contribution < 1.29 is 18.5 Å². The van der Waals surface area contributed by atoms with Crippen LogP contribution in [-0.4, -0.2) is 25.8 Å². The highest BCUT2D eigenvalue weighted by atomic mass is 32.2. The average molecular weight is 574 g/mol. The van der Waals surface area contributed by atoms with Gasteiger partial charge in [0.1, 0.15) is 0 Å². The zero-order valence-electron chi connectivity index (χ0n) is 21.3. The van der Waals surface area contributed by atoms with Crippen LogP contribution >= 0.6 is 11.3 Å². The van der Waals surface area contributed by atoms with E-state index in [9.17, 15) is 18.5 Å². The number of nitrogens with zero attached hydrogens (tertiary/aromatic N) is 3. The van der Waals surface area contributed by atoms with E-state index in [1.165, 1.54) is 28.8 Å². The van der Waals surface area contributed by atoms with Crippen molar-refractivity contribution in [3.63, 3.8) is 0 Å². The Morgan fingerprint density at radius 3 is 2.48 bits per heavy atom. The molecule has 10 heteroatoms. The van der Waals surface area contributed by atoms with Gasteiger partial charge >= 0.3 is 5.97 Å². The highest BCUT2D eigenvalue weighted by molar-refractivity contribution is 7.82. The fraction of sp³-hybridized carbons (Fsp3) is 0.167. The molecule has 0 aliphatic heterocycles. The van der Waals surface area contributed by atoms with Crippen molar-refractivity contribution in [2.45, 2.75) is 30.6 Å². The molecule has 1 unspecified atom stereocenters. The van der Waals surface area contributed by atoms with Crippen LogP contribution in [0, 0.1) is 11.7 Å². The molecule has 0 amide bonds. The minimum absolute atomic E-state index is 0.00702. The number of thiazole rings is 1. The molecule has 0 radical (unpaired) electrons. The van der Waals surface area contributed by atoms with Gasteiger partial charge in [-0.25, -0.2) is 18.9 Å². The van der Waals surface area contributed by atoms with Crippen LogP contribution in [-0.2, 0) is 28.0 Å². The molecule has 2 heterocycles. The van der Waals surface area contributed by atoms with E-state index in [1.54, 1.807) is 10.7 Å². The number of benzene rings is 3. The second kappa shape index (κ2) is 10.9. The van der Waals surface area contributed by atoms with E-state index in [2.05, 4.69) is 11.1 Å². The minimum atomic E-state index is -2.29. The van der Waals surface area contributed by atoms with Crippen molar-refractivity contribution in [1.29, 1.82) is 0 Å². The zero-order chi connectivity index (χ0) is 27.8. The standard InChI is InChI=1S/C30H25FN4O3S2/c31-24-14-19(11-12-27(24)40(32)38)13-23-26(15-18-9-10-18)35(30-33-25(17-39-30)29(36)37)34-28(23)22-8-4-7-21(16-22)20-5-2-1-3-6-20/h1-8,11-12,14,16-18H,9-10,13,15H2,(H2,32,38)(H,36,37)/p+1. The molecule has 1 saturated carbocycles. The summed E-state index contributed by atoms with van der Waals surface area (Å²) in [5, 5.41) is 21.9. The van der Waals surface area contributed by atoms with Crippen LogP contribution in [0.5, 0.6) is 0 Å². The molecule has 0 bridgehead atoms. The van der Waals surface area contributed by atoms with E-state index in [0.29, 0.717) is 23.0 Å². The number of carboxylic acids is 1. The minimum Gasteiger partial charge on any atom is -0.476 e. The third-order valence-corrected chi connectivity index (χ3v) is 8.69. The lowest BCUT2D eigenvalue weighted by Gasteiger charge is -2.10. The van der Waals surface area contributed by atoms with Gasteiger partial charge in [0.15, 0.2) is 22.5 Å². The van der Waals surface area contributed by atoms with E-state index in [-0.39, 0.29) is 10.6 Å². The van der Waals surface area contributed by atoms with Crippen molar-refractivity contribution in [3.8, 4) is 27.5 Å². The predicted molar refractivity (Wildman–Crippen MR) is 155 cm³/mol. The van der Waals surface area contributed by atoms with Gasteiger partial charge in [-0.1, -0.05) is 58.8 Å². The molecular formula is C30H26FN4O3S2+. The first-order valence-corrected chi connectivity index (χ1v) is 15.0. The molecule has 7 nitrogen and oxygen atoms in total. The van der Waals surface area contributed by atoms with E-state index in [0.717, 1.165) is 52.9 Å². The molecule has 1 atom stereocenters. The topological polar surface area (TPSA) is 111 Å². The number of thiol groups is 1. The van der Waals surface area contributed by atoms with Crippen LogP contribution < -0.4 is 5.14 Å². The number of aromatic carboxylic acids is 1. The summed E-state index contributed by atoms with van der Waals surface area (Å²) in [6, 6.07) is 22.8. The summed E-state index contributed by atoms with van der Waals surface area (Å²) in [6.07, 6.45) is 3.34. The van der Waals surface area contributed by atoms with Crippen LogP contribution in [0.25, 0.3) is 27.5 Å². The first-order valence-electron chi connectivity index (χ1n) is 12.8. The number of halogens is 1. The molecule has 0 saturated heterocycles. The number of nitrogens with two attached hydrogens (primary N) is 1. The number of hydrogen-bond acceptors (Lipinski definition) is 5. The van der Waals surface area contributed by atoms with Gasteiger partial charge in [-0.3, -0.25) is 0 Å². The molecule has 0 spiro atoms. The van der Waals surface area contributed by atoms with Crippen molar-refractivity contribution in [3.05, 3.63) is 107 Å². The smallest absolute Gasteiger partial charge is 0.355 e. The zero-order valence-corrected chi connectivity index (χ0v) is 23.0. The summed E-state index contributed by atoms with van der Waals surface area (Å²) in [5.41, 5.74) is 6.25. The second-order valence-electron chi connectivity index (χ2n) is 9.89. The molecule has 202 valence electrons. The Morgan fingerprint density at radius 1 is 1.05 bits per heavy atom. The second-order valence-corrected chi connectivity index (χ2v) is 11.9. The van der Waals surface area contributed by atoms with Crippen LogP contribution in [0.1, 0.15) is 40.2 Å². The van der Waals surface area contributed by atoms with Crippen molar-refractivity contribution >= 4 is 28.3 Å². The summed E-state index contributed by atoms with van der Waals surface area (Å²) < 4.78 is 28.3. The Balaban J connectivity index is 1.52. The molecule has 3 aromatic carbocycles. The van der Waals surface area contributed by atoms with Crippen molar-refractivity contribution in [1.82, 2.24) is 14.8 Å². The van der Waals surface area contributed by atoms with Gasteiger partial charge in [-0.15, -0.1) is 16.5 Å². The first-order chi connectivity index (χ1) is 19.4. The maximum atomic E-state index is 14.8. The summed E-state index contributed by atoms with van der Waals surface area (Å²) in [6.45, 7) is 0. The van der Waals surface area contributed by atoms with Crippen LogP contribution in [0.3, 0.4) is 0 Å². The van der Waals surface area contributed by atoms with Gasteiger partial charge in [-0.05, 0) is 60.1 Å². The lowest BCUT2D eigenvalue weighted by atomic mass is 9.95. The fourth-order valence-corrected chi connectivity index (χ4v) is 6.11. The number of carbonyl (C=O) groups is 1. The van der Waals surface area contributed by atoms with Gasteiger partial charge in [-0.2, -0.15) is 5.10 Å². The highest BCUT2D eigenvalue weighted by Crippen LogP contribution is 2.39. The lowest BCUT2D eigenvalue weighted by Crippen LogP contribution is -2.07. The van der Waals surface area contributed by atoms with Crippen molar-refractivity contribution in [2.75, 3.05) is 0 Å². The normalized spacial score (nSPS) is 13.8. The van der Waals surface area contributed by atoms with Gasteiger partial charge < -0.3 is 5.11 Å². The van der Waals surface area contributed by atoms with Crippen LogP contribution in [0.15, 0.2) is 83.1 Å². The molecule has 1 fully saturated rings. The lowest BCUT2D eigenvalue weighted by molar-refractivity contribution is 0.0691. The van der Waals surface area contributed by atoms with E-state index < -0.39 is 22.8 Å². The average Bonchev–Trinajstić information content (AvgIpc) is 3.51. The van der Waals surface area contributed by atoms with Gasteiger partial charge in [0.25, 0.3) is 0 Å². The summed E-state index contributed by atoms with van der Waals surface area (Å²) in [7, 11) is -2.29. The Bertz CT molecular complexity index is 1750. The van der Waals surface area contributed by atoms with Crippen molar-refractivity contribution in [2.24, 2.45) is 11.1 Å². The summed E-state index contributed by atoms with van der Waals surface area (Å²) in [4.78, 5) is 15.9. The molecule has 1 aliphatic carbocycles. The number of carboxylic acid groups (broad SMARTS) is 1. The van der Waals surface area contributed by atoms with E-state index >= 15 is 0 Å². The quantitative estimate of drug-likeness (QED) is 0.167. The maximum absolute atomic E-state index is 14.8. The summed E-state index contributed by atoms with van der Waals surface area (Å²) >= 11 is 1.23. The molecule has 2 aromatic heterocycles. The predicted octanol–water partition coefficient (Wildman–Crippen LogP) is 5.97. The van der Waals surface area contributed by atoms with Crippen LogP contribution in [0.2, 0.25) is 0 Å². The van der Waals surface area contributed by atoms with Gasteiger partial charge in [0.2, 0.25) is 10.0 Å². The third kappa shape index (κ3) is 5.38. The third-order valence-electron chi connectivity index (χ3n) is 7.03. The number of hydrogen-bond donors (Lipinski definition) is 2. The Kier molecular flexibility index (Phi) is 7.14. The molecule has 3 N–H and O–H groups in total. The maximum Gasteiger partial charge on any atom is 0.355 e. The largest absolute Gasteiger partial charge is 0.476 e. The molecule has 5 aromatic rings. The van der Waals surface area contributed by atoms with E-state index in [1.807, 2.05) is 48.5 Å². The number of aromatic nitrogens is 3. The molecular weight excluding hydrogens is 547 g/mol. The Labute approximate surface area is 236 Å². The monoisotopic (exact) mass is 573 g/mol. The van der Waals surface area contributed by atoms with Crippen LogP contribution in [0.4, 0.5) is 4.39 Å². The Morgan fingerprint density at radius 2 is 1.80 bits per heavy atom. The van der Waals surface area contributed by atoms with Gasteiger partial charge in [0.05, 0.1) is 11.4 Å². The van der Waals surface area contributed by atoms with Gasteiger partial charge in [0, 0.05) is 22.9 Å². The first kappa shape index (κ1) is 26.2. The number of rotatable bonds is 9. The highest BCUT2D eigenvalue weighted by Gasteiger charge is 2.29. The Hall–Kier alpha value is -3.99. The SMILES string of the molecule is N[SH+](=O)c1ccc(Cc2c(-c3cccc(-c4ccccc4)c3)nn(-c3nc(C(=O)O)cs3)c2CC2CC2)cc1F. The fourth-order valence-electron chi connectivity index (χ4n) is 4.85. The molecule has 6 rings (SSSR count). The van der Waals surface area contributed by atoms with E-state index in [4.69, 9.17) is 10.2 Å². The molecule has 1 aliphatic rings. The summed E-state index contributed by atoms with van der Waals surface area (Å²) in [5.74, 6) is -1.20.